The van der Waals surface area contributed by atoms with Gasteiger partial charge in [-0.3, -0.25) is 15.0 Å². The Morgan fingerprint density at radius 1 is 1.00 bits per heavy atom. The Balaban J connectivity index is 1.32. The Kier molecular flexibility index (Phi) is 6.15. The zero-order chi connectivity index (χ0) is 25.4. The van der Waals surface area contributed by atoms with Gasteiger partial charge >= 0.3 is 5.97 Å². The van der Waals surface area contributed by atoms with Gasteiger partial charge in [0.2, 0.25) is 5.91 Å². The number of nitrogens with one attached hydrogen (secondary N) is 2. The van der Waals surface area contributed by atoms with Crippen molar-refractivity contribution in [2.24, 2.45) is 17.1 Å². The molecule has 5 N–H and O–H groups in total. The van der Waals surface area contributed by atoms with Crippen LogP contribution in [-0.2, 0) is 16.0 Å². The fourth-order valence-corrected chi connectivity index (χ4v) is 6.02. The summed E-state index contributed by atoms with van der Waals surface area (Å²) >= 11 is 0. The number of rotatable bonds is 4. The summed E-state index contributed by atoms with van der Waals surface area (Å²) in [6, 6.07) is 13.0. The molecule has 1 aliphatic carbocycles. The third-order valence-electron chi connectivity index (χ3n) is 8.09. The normalized spacial score (nSPS) is 20.8. The number of anilines is 1. The van der Waals surface area contributed by atoms with E-state index in [9.17, 15) is 14.4 Å². The molecular formula is C27H31N5O4. The van der Waals surface area contributed by atoms with Crippen LogP contribution in [0.1, 0.15) is 53.2 Å². The van der Waals surface area contributed by atoms with E-state index in [-0.39, 0.29) is 34.7 Å². The number of carbonyl (C=O) groups excluding carboxylic acids is 2. The van der Waals surface area contributed by atoms with Crippen molar-refractivity contribution in [3.63, 3.8) is 0 Å². The zero-order valence-corrected chi connectivity index (χ0v) is 20.1. The molecule has 2 heterocycles. The van der Waals surface area contributed by atoms with Crippen LogP contribution in [0.3, 0.4) is 0 Å². The quantitative estimate of drug-likeness (QED) is 0.385. The van der Waals surface area contributed by atoms with Gasteiger partial charge in [0.25, 0.3) is 5.91 Å². The minimum absolute atomic E-state index is 0.0190. The van der Waals surface area contributed by atoms with Crippen molar-refractivity contribution in [3.8, 4) is 0 Å². The monoisotopic (exact) mass is 489 g/mol. The molecule has 0 unspecified atom stereocenters. The Morgan fingerprint density at radius 3 is 2.31 bits per heavy atom. The Bertz CT molecular complexity index is 1190. The van der Waals surface area contributed by atoms with E-state index in [0.717, 1.165) is 49.9 Å². The van der Waals surface area contributed by atoms with E-state index in [1.54, 1.807) is 17.0 Å². The van der Waals surface area contributed by atoms with Gasteiger partial charge in [0, 0.05) is 31.2 Å². The molecule has 2 amide bonds. The zero-order valence-electron chi connectivity index (χ0n) is 20.1. The van der Waals surface area contributed by atoms with Gasteiger partial charge in [-0.1, -0.05) is 24.3 Å². The van der Waals surface area contributed by atoms with Crippen molar-refractivity contribution >= 4 is 29.4 Å². The summed E-state index contributed by atoms with van der Waals surface area (Å²) in [5, 5.41) is 19.7. The molecule has 2 aromatic carbocycles. The first-order valence-corrected chi connectivity index (χ1v) is 12.4. The number of amides is 2. The molecule has 0 aromatic heterocycles. The number of carboxylic acids is 1. The summed E-state index contributed by atoms with van der Waals surface area (Å²) in [5.41, 5.74) is 8.28. The largest absolute Gasteiger partial charge is 0.478 e. The lowest BCUT2D eigenvalue weighted by Crippen LogP contribution is -2.55. The van der Waals surface area contributed by atoms with E-state index in [1.807, 2.05) is 29.2 Å². The number of fused-ring (bicyclic) bond motifs is 1. The van der Waals surface area contributed by atoms with E-state index in [4.69, 9.17) is 16.2 Å². The second-order valence-electron chi connectivity index (χ2n) is 10.2. The summed E-state index contributed by atoms with van der Waals surface area (Å²) in [4.78, 5) is 42.0. The number of piperidine rings is 1. The van der Waals surface area contributed by atoms with Gasteiger partial charge in [-0.25, -0.2) is 4.79 Å². The Morgan fingerprint density at radius 2 is 1.67 bits per heavy atom. The van der Waals surface area contributed by atoms with Crippen LogP contribution in [0, 0.1) is 16.7 Å². The van der Waals surface area contributed by atoms with Crippen LogP contribution >= 0.6 is 0 Å². The highest BCUT2D eigenvalue weighted by Gasteiger charge is 2.51. The summed E-state index contributed by atoms with van der Waals surface area (Å²) in [6.45, 7) is 1.98. The number of benzene rings is 2. The van der Waals surface area contributed by atoms with Crippen LogP contribution in [0.15, 0.2) is 48.5 Å². The average Bonchev–Trinajstić information content (AvgIpc) is 2.86. The molecule has 2 aliphatic heterocycles. The summed E-state index contributed by atoms with van der Waals surface area (Å²) in [5.74, 6) is -1.32. The fraction of sp³-hybridized carbons (Fsp3) is 0.407. The van der Waals surface area contributed by atoms with Crippen LogP contribution in [0.4, 0.5) is 5.69 Å². The van der Waals surface area contributed by atoms with Crippen LogP contribution in [-0.4, -0.2) is 58.3 Å². The molecule has 5 rings (SSSR count). The molecule has 9 nitrogen and oxygen atoms in total. The number of likely N-dealkylation sites (tertiary alicyclic amines) is 1. The van der Waals surface area contributed by atoms with Crippen LogP contribution in [0.2, 0.25) is 0 Å². The molecule has 1 saturated heterocycles. The topological polar surface area (TPSA) is 140 Å². The number of nitrogens with zero attached hydrogens (tertiary/aromatic N) is 2. The maximum absolute atomic E-state index is 13.7. The van der Waals surface area contributed by atoms with E-state index in [0.29, 0.717) is 18.7 Å². The number of hydrogen-bond donors (Lipinski definition) is 4. The number of aromatic carboxylic acids is 1. The first kappa shape index (κ1) is 23.8. The molecule has 2 fully saturated rings. The predicted molar refractivity (Wildman–Crippen MR) is 135 cm³/mol. The minimum atomic E-state index is -1.03. The highest BCUT2D eigenvalue weighted by Crippen LogP contribution is 2.53. The lowest BCUT2D eigenvalue weighted by molar-refractivity contribution is -0.151. The second kappa shape index (κ2) is 9.29. The summed E-state index contributed by atoms with van der Waals surface area (Å²) < 4.78 is 0. The lowest BCUT2D eigenvalue weighted by atomic mass is 9.57. The van der Waals surface area contributed by atoms with Crippen molar-refractivity contribution in [1.82, 2.24) is 9.80 Å². The third-order valence-corrected chi connectivity index (χ3v) is 8.09. The number of hydrogen-bond acceptors (Lipinski definition) is 4. The van der Waals surface area contributed by atoms with Gasteiger partial charge in [0.15, 0.2) is 5.96 Å². The number of carboxylic acid groups (broad SMARTS) is 1. The van der Waals surface area contributed by atoms with E-state index in [2.05, 4.69) is 5.32 Å². The highest BCUT2D eigenvalue weighted by molar-refractivity contribution is 5.99. The van der Waals surface area contributed by atoms with Gasteiger partial charge in [-0.2, -0.15) is 0 Å². The second-order valence-corrected chi connectivity index (χ2v) is 10.2. The van der Waals surface area contributed by atoms with Crippen LogP contribution < -0.4 is 11.1 Å². The Hall–Kier alpha value is -3.88. The van der Waals surface area contributed by atoms with E-state index < -0.39 is 12.0 Å². The maximum atomic E-state index is 13.7. The van der Waals surface area contributed by atoms with Crippen molar-refractivity contribution in [2.75, 3.05) is 25.0 Å². The molecule has 36 heavy (non-hydrogen) atoms. The molecule has 0 bridgehead atoms. The van der Waals surface area contributed by atoms with E-state index >= 15 is 0 Å². The average molecular weight is 490 g/mol. The van der Waals surface area contributed by atoms with Crippen molar-refractivity contribution in [1.29, 1.82) is 5.41 Å². The first-order valence-electron chi connectivity index (χ1n) is 12.4. The molecular weight excluding hydrogens is 458 g/mol. The standard InChI is InChI=1S/C27H31N5O4/c28-26(29)31-13-10-27(11-14-31)15-19(16-27)24(34)32-12-9-17-3-1-2-4-21(17)22(32)23(33)30-20-7-5-18(6-8-20)25(35)36/h1-8,19,22H,9-16H2,(H3,28,29)(H,30,33)(H,35,36)/t22-/m0/s1. The molecule has 0 radical (unpaired) electrons. The van der Waals surface area contributed by atoms with Gasteiger partial charge in [0.1, 0.15) is 6.04 Å². The van der Waals surface area contributed by atoms with Crippen molar-refractivity contribution < 1.29 is 19.5 Å². The summed E-state index contributed by atoms with van der Waals surface area (Å²) in [6.07, 6.45) is 4.16. The van der Waals surface area contributed by atoms with Crippen LogP contribution in [0.25, 0.3) is 0 Å². The van der Waals surface area contributed by atoms with Gasteiger partial charge in [0.05, 0.1) is 5.56 Å². The first-order chi connectivity index (χ1) is 17.3. The predicted octanol–water partition coefficient (Wildman–Crippen LogP) is 2.83. The molecule has 1 saturated carbocycles. The molecule has 188 valence electrons. The smallest absolute Gasteiger partial charge is 0.335 e. The Labute approximate surface area is 209 Å². The SMILES string of the molecule is N=C(N)N1CCC2(CC1)CC(C(=O)N1CCc3ccccc3[C@H]1C(=O)Nc1ccc(C(=O)O)cc1)C2. The molecule has 2 aromatic rings. The highest BCUT2D eigenvalue weighted by atomic mass is 16.4. The van der Waals surface area contributed by atoms with E-state index in [1.165, 1.54) is 12.1 Å². The third kappa shape index (κ3) is 4.41. The number of carbonyl (C=O) groups is 3. The number of nitrogens with two attached hydrogens (primary N) is 1. The lowest BCUT2D eigenvalue weighted by Gasteiger charge is -2.53. The van der Waals surface area contributed by atoms with Gasteiger partial charge in [-0.15, -0.1) is 0 Å². The molecule has 3 aliphatic rings. The number of guanidine groups is 1. The molecule has 9 heteroatoms. The van der Waals surface area contributed by atoms with Crippen molar-refractivity contribution in [3.05, 3.63) is 65.2 Å². The fourth-order valence-electron chi connectivity index (χ4n) is 6.02. The molecule has 1 spiro atoms. The van der Waals surface area contributed by atoms with Crippen molar-refractivity contribution in [2.45, 2.75) is 38.1 Å². The summed E-state index contributed by atoms with van der Waals surface area (Å²) in [7, 11) is 0. The molecule has 1 atom stereocenters. The van der Waals surface area contributed by atoms with Crippen LogP contribution in [0.5, 0.6) is 0 Å². The van der Waals surface area contributed by atoms with Gasteiger partial charge in [-0.05, 0) is 72.9 Å². The minimum Gasteiger partial charge on any atom is -0.478 e. The van der Waals surface area contributed by atoms with Gasteiger partial charge < -0.3 is 26.0 Å². The maximum Gasteiger partial charge on any atom is 0.335 e.